The molecule has 0 spiro atoms. The third kappa shape index (κ3) is 2.18. The van der Waals surface area contributed by atoms with Crippen molar-refractivity contribution in [2.24, 2.45) is 11.0 Å². The van der Waals surface area contributed by atoms with E-state index in [4.69, 9.17) is 0 Å². The lowest BCUT2D eigenvalue weighted by atomic mass is 9.98. The molecule has 124 valence electrons. The molecule has 3 rings (SSSR count). The maximum atomic E-state index is 12.8. The van der Waals surface area contributed by atoms with E-state index < -0.39 is 35.7 Å². The summed E-state index contributed by atoms with van der Waals surface area (Å²) in [5, 5.41) is 4.72. The molecule has 8 heteroatoms. The lowest BCUT2D eigenvalue weighted by Gasteiger charge is -2.19. The number of benzene rings is 1. The number of rotatable bonds is 2. The molecule has 3 amide bonds. The van der Waals surface area contributed by atoms with Gasteiger partial charge in [0.15, 0.2) is 11.8 Å². The average molecular weight is 329 g/mol. The first-order valence-electron chi connectivity index (χ1n) is 7.28. The molecule has 2 aliphatic rings. The highest BCUT2D eigenvalue weighted by Crippen LogP contribution is 2.35. The Kier molecular flexibility index (Phi) is 3.67. The van der Waals surface area contributed by atoms with E-state index in [1.807, 2.05) is 6.92 Å². The van der Waals surface area contributed by atoms with Crippen LogP contribution in [0, 0.1) is 12.8 Å². The number of hydrogen-bond donors (Lipinski definition) is 0. The minimum Gasteiger partial charge on any atom is -0.464 e. The first kappa shape index (κ1) is 15.9. The van der Waals surface area contributed by atoms with Gasteiger partial charge in [0.25, 0.3) is 5.91 Å². The minimum absolute atomic E-state index is 0.231. The number of amides is 3. The van der Waals surface area contributed by atoms with E-state index in [1.165, 1.54) is 6.92 Å². The number of ether oxygens (including phenoxy) is 1. The molecule has 1 aromatic carbocycles. The predicted molar refractivity (Wildman–Crippen MR) is 82.9 cm³/mol. The van der Waals surface area contributed by atoms with E-state index >= 15 is 0 Å². The first-order chi connectivity index (χ1) is 11.4. The van der Waals surface area contributed by atoms with Gasteiger partial charge in [-0.05, 0) is 19.1 Å². The van der Waals surface area contributed by atoms with Gasteiger partial charge in [0.1, 0.15) is 5.92 Å². The molecule has 2 aliphatic heterocycles. The van der Waals surface area contributed by atoms with Crippen LogP contribution in [0.15, 0.2) is 29.4 Å². The monoisotopic (exact) mass is 329 g/mol. The van der Waals surface area contributed by atoms with Crippen LogP contribution in [0.2, 0.25) is 0 Å². The van der Waals surface area contributed by atoms with Gasteiger partial charge in [-0.1, -0.05) is 17.7 Å². The molecule has 2 atom stereocenters. The summed E-state index contributed by atoms with van der Waals surface area (Å²) in [7, 11) is 1.15. The van der Waals surface area contributed by atoms with E-state index in [1.54, 1.807) is 24.3 Å². The molecule has 0 N–H and O–H groups in total. The molecule has 24 heavy (non-hydrogen) atoms. The summed E-state index contributed by atoms with van der Waals surface area (Å²) in [4.78, 5) is 50.2. The van der Waals surface area contributed by atoms with Crippen LogP contribution in [-0.4, -0.2) is 47.6 Å². The molecule has 1 fully saturated rings. The SMILES string of the molecule is COC(=O)C1=NN(C(C)=O)[C@H]2C(=O)N(c3ccc(C)cc3)C(=O)[C@H]12. The molecule has 0 saturated carbocycles. The summed E-state index contributed by atoms with van der Waals surface area (Å²) in [6, 6.07) is 5.66. The second kappa shape index (κ2) is 5.55. The van der Waals surface area contributed by atoms with Crippen molar-refractivity contribution in [3.05, 3.63) is 29.8 Å². The molecule has 0 aromatic heterocycles. The van der Waals surface area contributed by atoms with Crippen LogP contribution in [0.5, 0.6) is 0 Å². The minimum atomic E-state index is -1.15. The number of esters is 1. The van der Waals surface area contributed by atoms with Gasteiger partial charge in [-0.3, -0.25) is 14.4 Å². The highest BCUT2D eigenvalue weighted by molar-refractivity contribution is 6.47. The third-order valence-electron chi connectivity index (χ3n) is 4.06. The molecule has 2 heterocycles. The smallest absolute Gasteiger partial charge is 0.355 e. The van der Waals surface area contributed by atoms with Crippen LogP contribution >= 0.6 is 0 Å². The zero-order valence-corrected chi connectivity index (χ0v) is 13.3. The standard InChI is InChI=1S/C16H15N3O5/c1-8-4-6-10(7-5-8)18-14(21)11-12(16(23)24-3)17-19(9(2)20)13(11)15(18)22/h4-7,11,13H,1-3H3/t11-,13-/m1/s1. The van der Waals surface area contributed by atoms with Crippen LogP contribution < -0.4 is 4.90 Å². The van der Waals surface area contributed by atoms with Crippen molar-refractivity contribution in [2.45, 2.75) is 19.9 Å². The summed E-state index contributed by atoms with van der Waals surface area (Å²) in [6.45, 7) is 3.10. The van der Waals surface area contributed by atoms with Crippen LogP contribution in [0.25, 0.3) is 0 Å². The van der Waals surface area contributed by atoms with Gasteiger partial charge in [-0.2, -0.15) is 5.10 Å². The Morgan fingerprint density at radius 2 is 1.75 bits per heavy atom. The Morgan fingerprint density at radius 1 is 1.12 bits per heavy atom. The van der Waals surface area contributed by atoms with Crippen LogP contribution in [0.1, 0.15) is 12.5 Å². The summed E-state index contributed by atoms with van der Waals surface area (Å²) >= 11 is 0. The number of anilines is 1. The molecule has 1 aromatic rings. The molecule has 0 unspecified atom stereocenters. The lowest BCUT2D eigenvalue weighted by molar-refractivity contribution is -0.136. The van der Waals surface area contributed by atoms with E-state index in [0.29, 0.717) is 5.69 Å². The van der Waals surface area contributed by atoms with Gasteiger partial charge in [0, 0.05) is 6.92 Å². The zero-order valence-electron chi connectivity index (χ0n) is 13.3. The first-order valence-corrected chi connectivity index (χ1v) is 7.28. The molecule has 0 bridgehead atoms. The molecule has 1 saturated heterocycles. The van der Waals surface area contributed by atoms with Crippen molar-refractivity contribution in [3.8, 4) is 0 Å². The van der Waals surface area contributed by atoms with Crippen LogP contribution in [-0.2, 0) is 23.9 Å². The summed E-state index contributed by atoms with van der Waals surface area (Å²) in [5.41, 5.74) is 1.13. The fraction of sp³-hybridized carbons (Fsp3) is 0.312. The van der Waals surface area contributed by atoms with E-state index in [-0.39, 0.29) is 5.71 Å². The number of hydrazone groups is 1. The number of nitrogens with zero attached hydrogens (tertiary/aromatic N) is 3. The van der Waals surface area contributed by atoms with Gasteiger partial charge in [-0.25, -0.2) is 14.7 Å². The topological polar surface area (TPSA) is 96.3 Å². The van der Waals surface area contributed by atoms with Crippen molar-refractivity contribution < 1.29 is 23.9 Å². The third-order valence-corrected chi connectivity index (χ3v) is 4.06. The Balaban J connectivity index is 2.05. The van der Waals surface area contributed by atoms with Gasteiger partial charge in [0.2, 0.25) is 11.8 Å². The highest BCUT2D eigenvalue weighted by atomic mass is 16.5. The van der Waals surface area contributed by atoms with Crippen LogP contribution in [0.4, 0.5) is 5.69 Å². The van der Waals surface area contributed by atoms with Crippen molar-refractivity contribution in [1.29, 1.82) is 0 Å². The highest BCUT2D eigenvalue weighted by Gasteiger charge is 2.59. The van der Waals surface area contributed by atoms with Crippen molar-refractivity contribution in [1.82, 2.24) is 5.01 Å². The maximum absolute atomic E-state index is 12.8. The van der Waals surface area contributed by atoms with Crippen LogP contribution in [0.3, 0.4) is 0 Å². The number of fused-ring (bicyclic) bond motifs is 1. The summed E-state index contributed by atoms with van der Waals surface area (Å²) in [6.07, 6.45) is 0. The number of aryl methyl sites for hydroxylation is 1. The second-order valence-electron chi connectivity index (χ2n) is 5.61. The normalized spacial score (nSPS) is 22.5. The quantitative estimate of drug-likeness (QED) is 0.572. The summed E-state index contributed by atoms with van der Waals surface area (Å²) < 4.78 is 4.62. The summed E-state index contributed by atoms with van der Waals surface area (Å²) in [5.74, 6) is -3.69. The Morgan fingerprint density at radius 3 is 2.29 bits per heavy atom. The second-order valence-corrected chi connectivity index (χ2v) is 5.61. The zero-order chi connectivity index (χ0) is 17.6. The molecular weight excluding hydrogens is 314 g/mol. The maximum Gasteiger partial charge on any atom is 0.355 e. The largest absolute Gasteiger partial charge is 0.464 e. The number of carbonyl (C=O) groups excluding carboxylic acids is 4. The average Bonchev–Trinajstić information content (AvgIpc) is 3.06. The molecule has 0 radical (unpaired) electrons. The number of carbonyl (C=O) groups is 4. The molecule has 8 nitrogen and oxygen atoms in total. The van der Waals surface area contributed by atoms with Crippen molar-refractivity contribution in [3.63, 3.8) is 0 Å². The Hall–Kier alpha value is -3.03. The Bertz CT molecular complexity index is 783. The van der Waals surface area contributed by atoms with Gasteiger partial charge < -0.3 is 4.74 Å². The van der Waals surface area contributed by atoms with E-state index in [9.17, 15) is 19.2 Å². The number of hydrogen-bond acceptors (Lipinski definition) is 6. The van der Waals surface area contributed by atoms with Gasteiger partial charge in [-0.15, -0.1) is 0 Å². The van der Waals surface area contributed by atoms with E-state index in [0.717, 1.165) is 22.6 Å². The Labute approximate surface area is 137 Å². The lowest BCUT2D eigenvalue weighted by Crippen LogP contribution is -2.41. The van der Waals surface area contributed by atoms with Crippen molar-refractivity contribution in [2.75, 3.05) is 12.0 Å². The fourth-order valence-electron chi connectivity index (χ4n) is 2.90. The van der Waals surface area contributed by atoms with Crippen molar-refractivity contribution >= 4 is 35.1 Å². The molecule has 0 aliphatic carbocycles. The van der Waals surface area contributed by atoms with Gasteiger partial charge in [0.05, 0.1) is 12.8 Å². The number of methoxy groups -OCH3 is 1. The number of imide groups is 1. The molecular formula is C16H15N3O5. The predicted octanol–water partition coefficient (Wildman–Crippen LogP) is 0.244. The van der Waals surface area contributed by atoms with E-state index in [2.05, 4.69) is 9.84 Å². The van der Waals surface area contributed by atoms with Gasteiger partial charge >= 0.3 is 5.97 Å². The fourth-order valence-corrected chi connectivity index (χ4v) is 2.90.